The van der Waals surface area contributed by atoms with Gasteiger partial charge in [-0.15, -0.1) is 0 Å². The number of rotatable bonds is 3. The van der Waals surface area contributed by atoms with Crippen molar-refractivity contribution in [1.82, 2.24) is 0 Å². The van der Waals surface area contributed by atoms with Crippen molar-refractivity contribution in [3.63, 3.8) is 0 Å². The van der Waals surface area contributed by atoms with Gasteiger partial charge >= 0.3 is 0 Å². The van der Waals surface area contributed by atoms with Crippen LogP contribution < -0.4 is 5.32 Å². The van der Waals surface area contributed by atoms with Crippen LogP contribution >= 0.6 is 0 Å². The Hall–Kier alpha value is -2.43. The molecular formula is C16H12F3NO. The average Bonchev–Trinajstić information content (AvgIpc) is 2.88. The highest BCUT2D eigenvalue weighted by molar-refractivity contribution is 5.77. The van der Waals surface area contributed by atoms with Crippen molar-refractivity contribution in [1.29, 1.82) is 0 Å². The van der Waals surface area contributed by atoms with Crippen LogP contribution in [0.15, 0.2) is 46.9 Å². The molecule has 0 saturated carbocycles. The minimum absolute atomic E-state index is 0.109. The molecule has 108 valence electrons. The third-order valence-electron chi connectivity index (χ3n) is 3.25. The number of hydrogen-bond donors (Lipinski definition) is 1. The highest BCUT2D eigenvalue weighted by atomic mass is 19.2. The van der Waals surface area contributed by atoms with Crippen LogP contribution in [-0.4, -0.2) is 0 Å². The van der Waals surface area contributed by atoms with Crippen molar-refractivity contribution >= 4 is 16.7 Å². The Bertz CT molecular complexity index is 764. The highest BCUT2D eigenvalue weighted by Gasteiger charge is 2.15. The minimum Gasteiger partial charge on any atom is -0.459 e. The van der Waals surface area contributed by atoms with Gasteiger partial charge in [-0.25, -0.2) is 13.2 Å². The molecule has 0 aliphatic carbocycles. The molecule has 1 aromatic heterocycles. The van der Waals surface area contributed by atoms with Crippen LogP contribution in [-0.2, 0) is 0 Å². The van der Waals surface area contributed by atoms with Gasteiger partial charge in [-0.05, 0) is 19.1 Å². The lowest BCUT2D eigenvalue weighted by Gasteiger charge is -2.13. The van der Waals surface area contributed by atoms with E-state index in [1.807, 2.05) is 30.3 Å². The van der Waals surface area contributed by atoms with Crippen molar-refractivity contribution in [3.8, 4) is 0 Å². The summed E-state index contributed by atoms with van der Waals surface area (Å²) in [7, 11) is 0. The number of anilines is 1. The van der Waals surface area contributed by atoms with E-state index in [-0.39, 0.29) is 5.69 Å². The average molecular weight is 291 g/mol. The summed E-state index contributed by atoms with van der Waals surface area (Å²) < 4.78 is 45.3. The summed E-state index contributed by atoms with van der Waals surface area (Å²) in [5, 5.41) is 3.70. The molecule has 5 heteroatoms. The second kappa shape index (κ2) is 5.16. The van der Waals surface area contributed by atoms with E-state index in [1.165, 1.54) is 0 Å². The van der Waals surface area contributed by atoms with Gasteiger partial charge in [0.05, 0.1) is 11.7 Å². The maximum Gasteiger partial charge on any atom is 0.161 e. The standard InChI is InChI=1S/C16H12F3NO/c1-9(16-6-10-4-2-3-5-15(10)21-16)20-14-8-12(18)11(17)7-13(14)19/h2-9,20H,1H3. The van der Waals surface area contributed by atoms with Crippen molar-refractivity contribution in [2.24, 2.45) is 0 Å². The van der Waals surface area contributed by atoms with Crippen LogP contribution in [0, 0.1) is 17.5 Å². The SMILES string of the molecule is CC(Nc1cc(F)c(F)cc1F)c1cc2ccccc2o1. The highest BCUT2D eigenvalue weighted by Crippen LogP contribution is 2.28. The van der Waals surface area contributed by atoms with Gasteiger partial charge in [-0.2, -0.15) is 0 Å². The molecule has 2 nitrogen and oxygen atoms in total. The Labute approximate surface area is 119 Å². The normalized spacial score (nSPS) is 12.6. The van der Waals surface area contributed by atoms with Gasteiger partial charge in [0, 0.05) is 17.5 Å². The number of fused-ring (bicyclic) bond motifs is 1. The first-order chi connectivity index (χ1) is 10.0. The number of hydrogen-bond acceptors (Lipinski definition) is 2. The molecule has 2 aromatic carbocycles. The summed E-state index contributed by atoms with van der Waals surface area (Å²) in [6.07, 6.45) is 0. The van der Waals surface area contributed by atoms with Gasteiger partial charge in [0.2, 0.25) is 0 Å². The summed E-state index contributed by atoms with van der Waals surface area (Å²) in [4.78, 5) is 0. The topological polar surface area (TPSA) is 25.2 Å². The van der Waals surface area contributed by atoms with Crippen LogP contribution in [0.4, 0.5) is 18.9 Å². The van der Waals surface area contributed by atoms with E-state index >= 15 is 0 Å². The predicted molar refractivity (Wildman–Crippen MR) is 74.6 cm³/mol. The van der Waals surface area contributed by atoms with Gasteiger partial charge in [0.25, 0.3) is 0 Å². The smallest absolute Gasteiger partial charge is 0.161 e. The zero-order valence-electron chi connectivity index (χ0n) is 11.2. The second-order valence-electron chi connectivity index (χ2n) is 4.80. The second-order valence-corrected chi connectivity index (χ2v) is 4.80. The molecule has 0 aliphatic heterocycles. The molecule has 0 spiro atoms. The third-order valence-corrected chi connectivity index (χ3v) is 3.25. The molecule has 0 fully saturated rings. The van der Waals surface area contributed by atoms with Crippen LogP contribution in [0.25, 0.3) is 11.0 Å². The summed E-state index contributed by atoms with van der Waals surface area (Å²) >= 11 is 0. The van der Waals surface area contributed by atoms with Gasteiger partial charge in [-0.1, -0.05) is 18.2 Å². The summed E-state index contributed by atoms with van der Waals surface area (Å²) in [6, 6.07) is 10.2. The lowest BCUT2D eigenvalue weighted by atomic mass is 10.2. The Morgan fingerprint density at radius 2 is 1.67 bits per heavy atom. The van der Waals surface area contributed by atoms with Gasteiger partial charge in [-0.3, -0.25) is 0 Å². The van der Waals surface area contributed by atoms with Crippen LogP contribution in [0.2, 0.25) is 0 Å². The van der Waals surface area contributed by atoms with E-state index in [0.717, 1.165) is 11.5 Å². The summed E-state index contributed by atoms with van der Waals surface area (Å²) in [5.74, 6) is -2.58. The summed E-state index contributed by atoms with van der Waals surface area (Å²) in [5.41, 5.74) is 0.605. The lowest BCUT2D eigenvalue weighted by Crippen LogP contribution is -2.08. The molecule has 3 rings (SSSR count). The van der Waals surface area contributed by atoms with Gasteiger partial charge in [0.15, 0.2) is 11.6 Å². The molecule has 0 aliphatic rings. The molecule has 1 atom stereocenters. The van der Waals surface area contributed by atoms with E-state index in [9.17, 15) is 13.2 Å². The Morgan fingerprint density at radius 1 is 0.952 bits per heavy atom. The van der Waals surface area contributed by atoms with Crippen LogP contribution in [0.3, 0.4) is 0 Å². The van der Waals surface area contributed by atoms with Crippen molar-refractivity contribution in [2.75, 3.05) is 5.32 Å². The number of furan rings is 1. The lowest BCUT2D eigenvalue weighted by molar-refractivity contribution is 0.493. The molecule has 0 saturated heterocycles. The van der Waals surface area contributed by atoms with E-state index in [2.05, 4.69) is 5.32 Å². The van der Waals surface area contributed by atoms with Crippen LogP contribution in [0.1, 0.15) is 18.7 Å². The fourth-order valence-electron chi connectivity index (χ4n) is 2.15. The summed E-state index contributed by atoms with van der Waals surface area (Å²) in [6.45, 7) is 1.75. The molecular weight excluding hydrogens is 279 g/mol. The van der Waals surface area contributed by atoms with E-state index in [1.54, 1.807) is 6.92 Å². The molecule has 1 unspecified atom stereocenters. The molecule has 0 amide bonds. The first kappa shape index (κ1) is 13.5. The third kappa shape index (κ3) is 2.59. The van der Waals surface area contributed by atoms with E-state index in [4.69, 9.17) is 4.42 Å². The molecule has 1 heterocycles. The fraction of sp³-hybridized carbons (Fsp3) is 0.125. The quantitative estimate of drug-likeness (QED) is 0.685. The fourth-order valence-corrected chi connectivity index (χ4v) is 2.15. The van der Waals surface area contributed by atoms with Gasteiger partial charge in [0.1, 0.15) is 17.2 Å². The molecule has 0 bridgehead atoms. The largest absolute Gasteiger partial charge is 0.459 e. The van der Waals surface area contributed by atoms with Crippen molar-refractivity contribution in [2.45, 2.75) is 13.0 Å². The molecule has 0 radical (unpaired) electrons. The number of halogens is 3. The first-order valence-electron chi connectivity index (χ1n) is 6.44. The zero-order chi connectivity index (χ0) is 15.0. The number of benzene rings is 2. The number of nitrogens with one attached hydrogen (secondary N) is 1. The Morgan fingerprint density at radius 3 is 2.43 bits per heavy atom. The van der Waals surface area contributed by atoms with Crippen molar-refractivity contribution in [3.05, 3.63) is 65.7 Å². The zero-order valence-corrected chi connectivity index (χ0v) is 11.2. The monoisotopic (exact) mass is 291 g/mol. The predicted octanol–water partition coefficient (Wildman–Crippen LogP) is 5.02. The van der Waals surface area contributed by atoms with Crippen molar-refractivity contribution < 1.29 is 17.6 Å². The van der Waals surface area contributed by atoms with Crippen LogP contribution in [0.5, 0.6) is 0 Å². The number of para-hydroxylation sites is 1. The van der Waals surface area contributed by atoms with Gasteiger partial charge < -0.3 is 9.73 Å². The first-order valence-corrected chi connectivity index (χ1v) is 6.44. The Kier molecular flexibility index (Phi) is 3.33. The molecule has 3 aromatic rings. The van der Waals surface area contributed by atoms with E-state index in [0.29, 0.717) is 17.4 Å². The molecule has 21 heavy (non-hydrogen) atoms. The Balaban J connectivity index is 1.89. The molecule has 1 N–H and O–H groups in total. The maximum absolute atomic E-state index is 13.6. The minimum atomic E-state index is -1.21. The van der Waals surface area contributed by atoms with E-state index < -0.39 is 23.5 Å². The maximum atomic E-state index is 13.6.